The molecule has 2 aliphatic rings. The molecule has 1 fully saturated rings. The van der Waals surface area contributed by atoms with Gasteiger partial charge in [0.25, 0.3) is 21.9 Å². The van der Waals surface area contributed by atoms with Gasteiger partial charge in [-0.3, -0.25) is 33.6 Å². The Morgan fingerprint density at radius 1 is 0.750 bits per heavy atom. The fourth-order valence-electron chi connectivity index (χ4n) is 4.88. The zero-order valence-electron chi connectivity index (χ0n) is 26.8. The topological polar surface area (TPSA) is 185 Å². The molecular formula is C32H41N3O12S. The summed E-state index contributed by atoms with van der Waals surface area (Å²) in [5, 5.41) is 5.30. The number of fused-ring (bicyclic) bond motifs is 1. The highest BCUT2D eigenvalue weighted by atomic mass is 32.2. The lowest BCUT2D eigenvalue weighted by Gasteiger charge is -2.27. The number of hydrogen-bond acceptors (Lipinski definition) is 13. The van der Waals surface area contributed by atoms with Crippen molar-refractivity contribution in [3.05, 3.63) is 59.2 Å². The summed E-state index contributed by atoms with van der Waals surface area (Å²) in [6.07, 6.45) is 0.154. The van der Waals surface area contributed by atoms with E-state index < -0.39 is 39.8 Å². The number of imide groups is 2. The van der Waals surface area contributed by atoms with E-state index >= 15 is 0 Å². The number of benzene rings is 2. The number of amides is 4. The standard InChI is InChI=1S/C32H41N3O12S/c1-23-5-7-24(8-6-23)48(40,41)47-22-21-46-20-19-45-18-17-44-16-15-43-14-13-42-12-11-33-26-4-2-3-25-29(26)32(39)35(31(25)38)27-9-10-28(36)34-30(27)37/h2-8,27,33H,9-22H2,1H3,(H,34,36,37). The lowest BCUT2D eigenvalue weighted by Crippen LogP contribution is -2.54. The van der Waals surface area contributed by atoms with Crippen LogP contribution < -0.4 is 10.6 Å². The van der Waals surface area contributed by atoms with Gasteiger partial charge in [-0.25, -0.2) is 0 Å². The van der Waals surface area contributed by atoms with Crippen molar-refractivity contribution >= 4 is 39.4 Å². The van der Waals surface area contributed by atoms with Crippen molar-refractivity contribution in [3.8, 4) is 0 Å². The highest BCUT2D eigenvalue weighted by molar-refractivity contribution is 7.86. The zero-order chi connectivity index (χ0) is 34.4. The summed E-state index contributed by atoms with van der Waals surface area (Å²) in [4.78, 5) is 50.8. The van der Waals surface area contributed by atoms with E-state index in [1.54, 1.807) is 30.3 Å². The molecule has 2 aromatic rings. The van der Waals surface area contributed by atoms with Gasteiger partial charge in [-0.1, -0.05) is 23.8 Å². The van der Waals surface area contributed by atoms with Gasteiger partial charge in [-0.05, 0) is 37.6 Å². The van der Waals surface area contributed by atoms with Gasteiger partial charge in [0.2, 0.25) is 11.8 Å². The molecule has 2 aromatic carbocycles. The summed E-state index contributed by atoms with van der Waals surface area (Å²) in [7, 11) is -3.80. The lowest BCUT2D eigenvalue weighted by atomic mass is 10.0. The molecule has 0 spiro atoms. The summed E-state index contributed by atoms with van der Waals surface area (Å²) in [5.74, 6) is -2.21. The average Bonchev–Trinajstić information content (AvgIpc) is 3.32. The van der Waals surface area contributed by atoms with E-state index in [4.69, 9.17) is 27.9 Å². The Hall–Kier alpha value is -3.77. The van der Waals surface area contributed by atoms with Crippen LogP contribution in [0.2, 0.25) is 0 Å². The van der Waals surface area contributed by atoms with Crippen LogP contribution in [0.4, 0.5) is 5.69 Å². The molecule has 0 radical (unpaired) electrons. The maximum atomic E-state index is 13.1. The van der Waals surface area contributed by atoms with E-state index in [0.717, 1.165) is 10.5 Å². The van der Waals surface area contributed by atoms with Crippen LogP contribution in [0, 0.1) is 6.92 Å². The molecule has 1 unspecified atom stereocenters. The second-order valence-corrected chi connectivity index (χ2v) is 12.4. The van der Waals surface area contributed by atoms with Crippen molar-refractivity contribution in [2.75, 3.05) is 84.5 Å². The number of carbonyl (C=O) groups excluding carboxylic acids is 4. The van der Waals surface area contributed by atoms with E-state index in [0.29, 0.717) is 71.7 Å². The molecule has 48 heavy (non-hydrogen) atoms. The van der Waals surface area contributed by atoms with Crippen LogP contribution in [0.15, 0.2) is 47.4 Å². The minimum atomic E-state index is -3.80. The number of nitrogens with one attached hydrogen (secondary N) is 2. The molecule has 262 valence electrons. The number of aryl methyl sites for hydroxylation is 1. The number of hydrogen-bond donors (Lipinski definition) is 2. The Labute approximate surface area is 279 Å². The fourth-order valence-corrected chi connectivity index (χ4v) is 5.77. The first-order valence-electron chi connectivity index (χ1n) is 15.6. The van der Waals surface area contributed by atoms with Gasteiger partial charge in [0.1, 0.15) is 6.04 Å². The smallest absolute Gasteiger partial charge is 0.297 e. The van der Waals surface area contributed by atoms with Crippen molar-refractivity contribution in [1.29, 1.82) is 0 Å². The quantitative estimate of drug-likeness (QED) is 0.102. The third-order valence-corrected chi connectivity index (χ3v) is 8.62. The molecule has 0 aromatic heterocycles. The van der Waals surface area contributed by atoms with Crippen molar-refractivity contribution < 1.29 is 55.5 Å². The third kappa shape index (κ3) is 10.6. The average molecular weight is 692 g/mol. The van der Waals surface area contributed by atoms with Gasteiger partial charge in [0, 0.05) is 18.7 Å². The van der Waals surface area contributed by atoms with E-state index in [1.165, 1.54) is 12.1 Å². The molecule has 4 rings (SSSR count). The molecule has 4 amide bonds. The van der Waals surface area contributed by atoms with Gasteiger partial charge in [0.15, 0.2) is 0 Å². The van der Waals surface area contributed by atoms with Crippen LogP contribution in [0.5, 0.6) is 0 Å². The van der Waals surface area contributed by atoms with Crippen molar-refractivity contribution in [2.24, 2.45) is 0 Å². The first kappa shape index (κ1) is 37.1. The van der Waals surface area contributed by atoms with Crippen molar-refractivity contribution in [1.82, 2.24) is 10.2 Å². The maximum absolute atomic E-state index is 13.1. The fraction of sp³-hybridized carbons (Fsp3) is 0.500. The van der Waals surface area contributed by atoms with E-state index in [1.807, 2.05) is 6.92 Å². The Balaban J connectivity index is 0.957. The van der Waals surface area contributed by atoms with Crippen LogP contribution in [0.1, 0.15) is 39.1 Å². The molecule has 15 nitrogen and oxygen atoms in total. The first-order valence-corrected chi connectivity index (χ1v) is 17.0. The van der Waals surface area contributed by atoms with Gasteiger partial charge in [-0.2, -0.15) is 8.42 Å². The number of rotatable bonds is 22. The minimum absolute atomic E-state index is 0.0582. The number of piperidine rings is 1. The molecular weight excluding hydrogens is 650 g/mol. The van der Waals surface area contributed by atoms with Crippen LogP contribution in [-0.4, -0.2) is 122 Å². The van der Waals surface area contributed by atoms with E-state index in [2.05, 4.69) is 10.6 Å². The molecule has 2 aliphatic heterocycles. The third-order valence-electron chi connectivity index (χ3n) is 7.29. The normalized spacial score (nSPS) is 16.4. The minimum Gasteiger partial charge on any atom is -0.382 e. The Morgan fingerprint density at radius 3 is 1.90 bits per heavy atom. The molecule has 2 heterocycles. The predicted octanol–water partition coefficient (Wildman–Crippen LogP) is 1.30. The largest absolute Gasteiger partial charge is 0.382 e. The highest BCUT2D eigenvalue weighted by Crippen LogP contribution is 2.32. The molecule has 0 saturated carbocycles. The van der Waals surface area contributed by atoms with Crippen LogP contribution in [0.3, 0.4) is 0 Å². The predicted molar refractivity (Wildman–Crippen MR) is 170 cm³/mol. The lowest BCUT2D eigenvalue weighted by molar-refractivity contribution is -0.136. The van der Waals surface area contributed by atoms with E-state index in [-0.39, 0.29) is 42.1 Å². The van der Waals surface area contributed by atoms with Crippen LogP contribution in [-0.2, 0) is 47.6 Å². The van der Waals surface area contributed by atoms with Gasteiger partial charge in [-0.15, -0.1) is 0 Å². The summed E-state index contributed by atoms with van der Waals surface area (Å²) < 4.78 is 56.4. The molecule has 2 N–H and O–H groups in total. The maximum Gasteiger partial charge on any atom is 0.297 e. The Morgan fingerprint density at radius 2 is 1.31 bits per heavy atom. The summed E-state index contributed by atoms with van der Waals surface area (Å²) >= 11 is 0. The van der Waals surface area contributed by atoms with Crippen LogP contribution >= 0.6 is 0 Å². The second-order valence-electron chi connectivity index (χ2n) is 10.8. The van der Waals surface area contributed by atoms with Gasteiger partial charge >= 0.3 is 0 Å². The molecule has 0 aliphatic carbocycles. The van der Waals surface area contributed by atoms with Crippen LogP contribution in [0.25, 0.3) is 0 Å². The number of carbonyl (C=O) groups is 4. The number of anilines is 1. The Kier molecular flexibility index (Phi) is 14.4. The van der Waals surface area contributed by atoms with Gasteiger partial charge in [0.05, 0.1) is 88.7 Å². The summed E-state index contributed by atoms with van der Waals surface area (Å²) in [6.45, 7) is 5.45. The van der Waals surface area contributed by atoms with Crippen molar-refractivity contribution in [2.45, 2.75) is 30.7 Å². The molecule has 16 heteroatoms. The molecule has 1 atom stereocenters. The van der Waals surface area contributed by atoms with Gasteiger partial charge < -0.3 is 29.0 Å². The first-order chi connectivity index (χ1) is 23.2. The zero-order valence-corrected chi connectivity index (χ0v) is 27.6. The summed E-state index contributed by atoms with van der Waals surface area (Å²) in [6, 6.07) is 10.3. The monoisotopic (exact) mass is 691 g/mol. The van der Waals surface area contributed by atoms with Crippen molar-refractivity contribution in [3.63, 3.8) is 0 Å². The summed E-state index contributed by atoms with van der Waals surface area (Å²) in [5.41, 5.74) is 1.83. The Bertz CT molecular complexity index is 1520. The second kappa shape index (κ2) is 18.7. The number of ether oxygens (including phenoxy) is 5. The van der Waals surface area contributed by atoms with E-state index in [9.17, 15) is 27.6 Å². The number of nitrogens with zero attached hydrogens (tertiary/aromatic N) is 1. The molecule has 1 saturated heterocycles. The molecule has 0 bridgehead atoms. The SMILES string of the molecule is Cc1ccc(S(=O)(=O)OCCOCCOCCOCCOCCOCCNc2cccc3c2C(=O)N(C2CCC(=O)NC2=O)C3=O)cc1. The highest BCUT2D eigenvalue weighted by Gasteiger charge is 2.45.